The molecule has 2 N–H and O–H groups in total. The van der Waals surface area contributed by atoms with Crippen molar-refractivity contribution in [1.82, 2.24) is 9.99 Å². The van der Waals surface area contributed by atoms with Crippen molar-refractivity contribution in [2.45, 2.75) is 26.8 Å². The van der Waals surface area contributed by atoms with Gasteiger partial charge >= 0.3 is 0 Å². The molecule has 0 atom stereocenters. The summed E-state index contributed by atoms with van der Waals surface area (Å²) in [5.74, 6) is -0.188. The summed E-state index contributed by atoms with van der Waals surface area (Å²) in [5, 5.41) is 13.1. The summed E-state index contributed by atoms with van der Waals surface area (Å²) in [5.41, 5.74) is 5.00. The topological polar surface area (TPSA) is 66.6 Å². The largest absolute Gasteiger partial charge is 0.508 e. The van der Waals surface area contributed by atoms with Crippen LogP contribution in [0.15, 0.2) is 41.6 Å². The van der Waals surface area contributed by atoms with Gasteiger partial charge in [0, 0.05) is 29.1 Å². The highest BCUT2D eigenvalue weighted by atomic mass is 16.3. The molecule has 2 rings (SSSR count). The quantitative estimate of drug-likeness (QED) is 0.670. The van der Waals surface area contributed by atoms with E-state index in [1.807, 2.05) is 19.2 Å². The Kier molecular flexibility index (Phi) is 4.42. The van der Waals surface area contributed by atoms with Gasteiger partial charge in [-0.1, -0.05) is 0 Å². The van der Waals surface area contributed by atoms with Gasteiger partial charge in [0.25, 0.3) is 5.91 Å². The normalized spacial score (nSPS) is 11.2. The van der Waals surface area contributed by atoms with Gasteiger partial charge in [-0.15, -0.1) is 0 Å². The predicted octanol–water partition coefficient (Wildman–Crippen LogP) is 2.85. The number of amides is 1. The molecule has 5 nitrogen and oxygen atoms in total. The van der Waals surface area contributed by atoms with Crippen LogP contribution in [0.5, 0.6) is 5.75 Å². The first-order chi connectivity index (χ1) is 9.97. The molecule has 0 saturated heterocycles. The number of hydrogen-bond acceptors (Lipinski definition) is 3. The summed E-state index contributed by atoms with van der Waals surface area (Å²) < 4.78 is 2.14. The van der Waals surface area contributed by atoms with E-state index in [2.05, 4.69) is 28.9 Å². The van der Waals surface area contributed by atoms with E-state index in [9.17, 15) is 9.90 Å². The number of aryl methyl sites for hydroxylation is 1. The van der Waals surface area contributed by atoms with Crippen LogP contribution in [-0.2, 0) is 0 Å². The van der Waals surface area contributed by atoms with Crippen molar-refractivity contribution in [1.29, 1.82) is 0 Å². The predicted molar refractivity (Wildman–Crippen MR) is 82.7 cm³/mol. The minimum absolute atomic E-state index is 0.126. The maximum Gasteiger partial charge on any atom is 0.271 e. The zero-order valence-electron chi connectivity index (χ0n) is 12.4. The molecule has 1 amide bonds. The Labute approximate surface area is 123 Å². The van der Waals surface area contributed by atoms with Gasteiger partial charge < -0.3 is 9.67 Å². The summed E-state index contributed by atoms with van der Waals surface area (Å²) in [7, 11) is 0. The average Bonchev–Trinajstić information content (AvgIpc) is 2.80. The minimum Gasteiger partial charge on any atom is -0.508 e. The molecule has 0 unspecified atom stereocenters. The number of hydrogen-bond donors (Lipinski definition) is 2. The lowest BCUT2D eigenvalue weighted by Crippen LogP contribution is -2.17. The molecule has 0 fully saturated rings. The lowest BCUT2D eigenvalue weighted by molar-refractivity contribution is 0.0955. The first-order valence-electron chi connectivity index (χ1n) is 6.78. The molecule has 110 valence electrons. The van der Waals surface area contributed by atoms with Crippen LogP contribution in [0, 0.1) is 6.92 Å². The third-order valence-corrected chi connectivity index (χ3v) is 3.14. The third kappa shape index (κ3) is 3.72. The zero-order chi connectivity index (χ0) is 15.4. The van der Waals surface area contributed by atoms with E-state index in [0.29, 0.717) is 11.6 Å². The lowest BCUT2D eigenvalue weighted by atomic mass is 10.2. The van der Waals surface area contributed by atoms with Gasteiger partial charge in [-0.2, -0.15) is 5.10 Å². The van der Waals surface area contributed by atoms with Crippen LogP contribution in [0.3, 0.4) is 0 Å². The van der Waals surface area contributed by atoms with Gasteiger partial charge in [0.05, 0.1) is 6.21 Å². The van der Waals surface area contributed by atoms with Crippen molar-refractivity contribution in [3.8, 4) is 5.75 Å². The van der Waals surface area contributed by atoms with E-state index >= 15 is 0 Å². The Balaban J connectivity index is 2.00. The zero-order valence-corrected chi connectivity index (χ0v) is 12.4. The van der Waals surface area contributed by atoms with Gasteiger partial charge in [-0.25, -0.2) is 5.43 Å². The van der Waals surface area contributed by atoms with Crippen LogP contribution < -0.4 is 5.43 Å². The summed E-state index contributed by atoms with van der Waals surface area (Å²) in [6.07, 6.45) is 3.61. The Morgan fingerprint density at radius 2 is 2.00 bits per heavy atom. The standard InChI is InChI=1S/C16H19N3O2/c1-11(2)19-10-13(8-12(19)3)9-17-18-16(21)14-4-6-15(20)7-5-14/h4-11,20H,1-3H3,(H,18,21)/b17-9-. The maximum absolute atomic E-state index is 11.8. The highest BCUT2D eigenvalue weighted by Crippen LogP contribution is 2.12. The smallest absolute Gasteiger partial charge is 0.271 e. The fraction of sp³-hybridized carbons (Fsp3) is 0.250. The molecule has 0 bridgehead atoms. The van der Waals surface area contributed by atoms with Crippen molar-refractivity contribution >= 4 is 12.1 Å². The monoisotopic (exact) mass is 285 g/mol. The minimum atomic E-state index is -0.314. The Bertz CT molecular complexity index is 655. The second-order valence-electron chi connectivity index (χ2n) is 5.16. The number of nitrogens with zero attached hydrogens (tertiary/aromatic N) is 2. The number of phenols is 1. The fourth-order valence-corrected chi connectivity index (χ4v) is 2.09. The van der Waals surface area contributed by atoms with Crippen molar-refractivity contribution in [3.05, 3.63) is 53.3 Å². The third-order valence-electron chi connectivity index (χ3n) is 3.14. The highest BCUT2D eigenvalue weighted by molar-refractivity contribution is 5.94. The molecule has 0 aliphatic rings. The van der Waals surface area contributed by atoms with Gasteiger partial charge in [0.2, 0.25) is 0 Å². The molecule has 0 saturated carbocycles. The van der Waals surface area contributed by atoms with Crippen molar-refractivity contribution < 1.29 is 9.90 Å². The van der Waals surface area contributed by atoms with Gasteiger partial charge in [0.15, 0.2) is 0 Å². The molecule has 1 aromatic heterocycles. The molecule has 1 heterocycles. The van der Waals surface area contributed by atoms with E-state index in [-0.39, 0.29) is 11.7 Å². The molecule has 0 radical (unpaired) electrons. The molecule has 2 aromatic rings. The van der Waals surface area contributed by atoms with Crippen LogP contribution in [-0.4, -0.2) is 21.8 Å². The Morgan fingerprint density at radius 3 is 2.57 bits per heavy atom. The van der Waals surface area contributed by atoms with E-state index in [1.165, 1.54) is 12.1 Å². The lowest BCUT2D eigenvalue weighted by Gasteiger charge is -2.08. The van der Waals surface area contributed by atoms with Crippen LogP contribution in [0.2, 0.25) is 0 Å². The number of carbonyl (C=O) groups is 1. The number of hydrazone groups is 1. The Hall–Kier alpha value is -2.56. The molecule has 5 heteroatoms. The summed E-state index contributed by atoms with van der Waals surface area (Å²) in [6, 6.07) is 8.41. The second kappa shape index (κ2) is 6.26. The molecule has 21 heavy (non-hydrogen) atoms. The van der Waals surface area contributed by atoms with Crippen molar-refractivity contribution in [3.63, 3.8) is 0 Å². The second-order valence-corrected chi connectivity index (χ2v) is 5.16. The first kappa shape index (κ1) is 14.8. The number of aromatic hydroxyl groups is 1. The molecular formula is C16H19N3O2. The van der Waals surface area contributed by atoms with E-state index in [4.69, 9.17) is 0 Å². The van der Waals surface area contributed by atoms with Crippen LogP contribution in [0.4, 0.5) is 0 Å². The Morgan fingerprint density at radius 1 is 1.33 bits per heavy atom. The van der Waals surface area contributed by atoms with Gasteiger partial charge in [-0.3, -0.25) is 4.79 Å². The average molecular weight is 285 g/mol. The fourth-order valence-electron chi connectivity index (χ4n) is 2.09. The van der Waals surface area contributed by atoms with E-state index < -0.39 is 0 Å². The number of nitrogens with one attached hydrogen (secondary N) is 1. The first-order valence-corrected chi connectivity index (χ1v) is 6.78. The highest BCUT2D eigenvalue weighted by Gasteiger charge is 2.05. The molecule has 0 aliphatic carbocycles. The number of carbonyl (C=O) groups excluding carboxylic acids is 1. The summed E-state index contributed by atoms with van der Waals surface area (Å²) in [4.78, 5) is 11.8. The van der Waals surface area contributed by atoms with Crippen LogP contribution >= 0.6 is 0 Å². The van der Waals surface area contributed by atoms with Crippen molar-refractivity contribution in [2.75, 3.05) is 0 Å². The van der Waals surface area contributed by atoms with Gasteiger partial charge in [-0.05, 0) is 51.1 Å². The maximum atomic E-state index is 11.8. The number of benzene rings is 1. The molecule has 0 spiro atoms. The molecule has 1 aromatic carbocycles. The van der Waals surface area contributed by atoms with Crippen molar-refractivity contribution in [2.24, 2.45) is 5.10 Å². The summed E-state index contributed by atoms with van der Waals surface area (Å²) >= 11 is 0. The van der Waals surface area contributed by atoms with Crippen LogP contribution in [0.25, 0.3) is 0 Å². The van der Waals surface area contributed by atoms with Gasteiger partial charge in [0.1, 0.15) is 5.75 Å². The summed E-state index contributed by atoms with van der Waals surface area (Å²) in [6.45, 7) is 6.26. The molecular weight excluding hydrogens is 266 g/mol. The molecule has 0 aliphatic heterocycles. The number of aromatic nitrogens is 1. The van der Waals surface area contributed by atoms with E-state index in [1.54, 1.807) is 18.3 Å². The number of phenolic OH excluding ortho intramolecular Hbond substituents is 1. The SMILES string of the molecule is Cc1cc(/C=N\NC(=O)c2ccc(O)cc2)cn1C(C)C. The van der Waals surface area contributed by atoms with Crippen LogP contribution in [0.1, 0.15) is 41.5 Å². The van der Waals surface area contributed by atoms with E-state index in [0.717, 1.165) is 11.3 Å². The number of rotatable bonds is 4.